The molecule has 1 atom stereocenters. The summed E-state index contributed by atoms with van der Waals surface area (Å²) in [4.78, 5) is 4.65. The molecule has 0 saturated carbocycles. The Hall–Kier alpha value is -1.80. The van der Waals surface area contributed by atoms with Crippen LogP contribution in [-0.2, 0) is 26.1 Å². The van der Waals surface area contributed by atoms with Gasteiger partial charge >= 0.3 is 0 Å². The molecule has 2 aromatic rings. The fourth-order valence-corrected chi connectivity index (χ4v) is 6.04. The molecule has 2 fully saturated rings. The van der Waals surface area contributed by atoms with E-state index in [1.807, 2.05) is 37.3 Å². The second kappa shape index (κ2) is 9.14. The van der Waals surface area contributed by atoms with Gasteiger partial charge in [-0.1, -0.05) is 23.8 Å². The SMILES string of the molecule is Cc1ccc(S(=O)(=O)N2CCC3(CC2)OCCC3CCOCc2ccccn2)cc1. The lowest BCUT2D eigenvalue weighted by molar-refractivity contribution is -0.0619. The molecule has 162 valence electrons. The third-order valence-electron chi connectivity index (χ3n) is 6.41. The van der Waals surface area contributed by atoms with E-state index >= 15 is 0 Å². The zero-order valence-electron chi connectivity index (χ0n) is 17.5. The van der Waals surface area contributed by atoms with E-state index in [4.69, 9.17) is 9.47 Å². The predicted molar refractivity (Wildman–Crippen MR) is 114 cm³/mol. The molecule has 6 nitrogen and oxygen atoms in total. The predicted octanol–water partition coefficient (Wildman–Crippen LogP) is 3.56. The average molecular weight is 431 g/mol. The van der Waals surface area contributed by atoms with E-state index < -0.39 is 10.0 Å². The fraction of sp³-hybridized carbons (Fsp3) is 0.522. The summed E-state index contributed by atoms with van der Waals surface area (Å²) >= 11 is 0. The number of nitrogens with zero attached hydrogens (tertiary/aromatic N) is 2. The van der Waals surface area contributed by atoms with Crippen molar-refractivity contribution in [3.8, 4) is 0 Å². The second-order valence-electron chi connectivity index (χ2n) is 8.28. The van der Waals surface area contributed by atoms with Crippen molar-refractivity contribution < 1.29 is 17.9 Å². The van der Waals surface area contributed by atoms with Gasteiger partial charge in [-0.2, -0.15) is 4.31 Å². The Labute approximate surface area is 179 Å². The van der Waals surface area contributed by atoms with Crippen LogP contribution in [0.2, 0.25) is 0 Å². The highest BCUT2D eigenvalue weighted by Crippen LogP contribution is 2.43. The first-order chi connectivity index (χ1) is 14.5. The van der Waals surface area contributed by atoms with Crippen LogP contribution in [0.1, 0.15) is 36.9 Å². The number of benzene rings is 1. The summed E-state index contributed by atoms with van der Waals surface area (Å²) in [5.74, 6) is 0.408. The smallest absolute Gasteiger partial charge is 0.243 e. The summed E-state index contributed by atoms with van der Waals surface area (Å²) in [5, 5.41) is 0. The molecule has 2 aliphatic rings. The Morgan fingerprint density at radius 3 is 2.63 bits per heavy atom. The van der Waals surface area contributed by atoms with Gasteiger partial charge in [-0.25, -0.2) is 8.42 Å². The lowest BCUT2D eigenvalue weighted by Gasteiger charge is -2.41. The summed E-state index contributed by atoms with van der Waals surface area (Å²) in [5.41, 5.74) is 1.77. The van der Waals surface area contributed by atoms with Gasteiger partial charge in [-0.3, -0.25) is 4.98 Å². The average Bonchev–Trinajstić information content (AvgIpc) is 3.14. The number of hydrogen-bond donors (Lipinski definition) is 0. The number of piperidine rings is 1. The van der Waals surface area contributed by atoms with E-state index in [9.17, 15) is 8.42 Å². The first kappa shape index (κ1) is 21.4. The van der Waals surface area contributed by atoms with Crippen LogP contribution in [0.25, 0.3) is 0 Å². The first-order valence-corrected chi connectivity index (χ1v) is 12.1. The Balaban J connectivity index is 1.31. The minimum atomic E-state index is -3.45. The van der Waals surface area contributed by atoms with Gasteiger partial charge in [-0.15, -0.1) is 0 Å². The number of ether oxygens (including phenoxy) is 2. The van der Waals surface area contributed by atoms with Gasteiger partial charge < -0.3 is 9.47 Å². The molecule has 0 amide bonds. The maximum atomic E-state index is 13.0. The van der Waals surface area contributed by atoms with Gasteiger partial charge in [0.15, 0.2) is 0 Å². The standard InChI is InChI=1S/C23H30N2O4S/c1-19-5-7-22(8-6-19)30(26,27)25-14-11-23(12-15-25)20(10-17-29-23)9-16-28-18-21-4-2-3-13-24-21/h2-8,13,20H,9-12,14-18H2,1H3. The second-order valence-corrected chi connectivity index (χ2v) is 10.2. The molecule has 1 aromatic carbocycles. The van der Waals surface area contributed by atoms with Crippen molar-refractivity contribution in [2.75, 3.05) is 26.3 Å². The molecule has 1 aromatic heterocycles. The van der Waals surface area contributed by atoms with Crippen molar-refractivity contribution in [2.24, 2.45) is 5.92 Å². The topological polar surface area (TPSA) is 68.7 Å². The maximum Gasteiger partial charge on any atom is 0.243 e. The largest absolute Gasteiger partial charge is 0.375 e. The molecule has 30 heavy (non-hydrogen) atoms. The van der Waals surface area contributed by atoms with Crippen molar-refractivity contribution in [3.63, 3.8) is 0 Å². The molecule has 0 bridgehead atoms. The van der Waals surface area contributed by atoms with Crippen LogP contribution >= 0.6 is 0 Å². The summed E-state index contributed by atoms with van der Waals surface area (Å²) in [6, 6.07) is 12.9. The van der Waals surface area contributed by atoms with E-state index in [0.29, 0.717) is 37.1 Å². The van der Waals surface area contributed by atoms with Crippen LogP contribution in [0, 0.1) is 12.8 Å². The van der Waals surface area contributed by atoms with Crippen LogP contribution in [0.15, 0.2) is 53.6 Å². The Kier molecular flexibility index (Phi) is 6.53. The van der Waals surface area contributed by atoms with Crippen molar-refractivity contribution in [1.29, 1.82) is 0 Å². The first-order valence-electron chi connectivity index (χ1n) is 10.7. The molecule has 0 aliphatic carbocycles. The molecular formula is C23H30N2O4S. The highest BCUT2D eigenvalue weighted by atomic mass is 32.2. The maximum absolute atomic E-state index is 13.0. The van der Waals surface area contributed by atoms with Crippen molar-refractivity contribution in [1.82, 2.24) is 9.29 Å². The van der Waals surface area contributed by atoms with E-state index in [-0.39, 0.29) is 5.60 Å². The molecular weight excluding hydrogens is 400 g/mol. The van der Waals surface area contributed by atoms with Crippen molar-refractivity contribution in [2.45, 2.75) is 49.7 Å². The van der Waals surface area contributed by atoms with Gasteiger partial charge in [-0.05, 0) is 62.8 Å². The zero-order valence-corrected chi connectivity index (χ0v) is 18.3. The highest BCUT2D eigenvalue weighted by molar-refractivity contribution is 7.89. The van der Waals surface area contributed by atoms with Gasteiger partial charge in [0.25, 0.3) is 0 Å². The number of rotatable bonds is 7. The van der Waals surface area contributed by atoms with Crippen LogP contribution < -0.4 is 0 Å². The molecule has 7 heteroatoms. The number of hydrogen-bond acceptors (Lipinski definition) is 5. The number of sulfonamides is 1. The number of aromatic nitrogens is 1. The number of pyridine rings is 1. The van der Waals surface area contributed by atoms with E-state index in [2.05, 4.69) is 4.98 Å². The summed E-state index contributed by atoms with van der Waals surface area (Å²) < 4.78 is 39.6. The Morgan fingerprint density at radius 2 is 1.93 bits per heavy atom. The normalized spacial score (nSPS) is 21.8. The lowest BCUT2D eigenvalue weighted by atomic mass is 9.78. The minimum absolute atomic E-state index is 0.215. The third kappa shape index (κ3) is 4.59. The molecule has 2 saturated heterocycles. The quantitative estimate of drug-likeness (QED) is 0.629. The fourth-order valence-electron chi connectivity index (χ4n) is 4.60. The third-order valence-corrected chi connectivity index (χ3v) is 8.33. The van der Waals surface area contributed by atoms with Gasteiger partial charge in [0, 0.05) is 32.5 Å². The van der Waals surface area contributed by atoms with Crippen molar-refractivity contribution >= 4 is 10.0 Å². The molecule has 2 aliphatic heterocycles. The molecule has 0 radical (unpaired) electrons. The molecule has 4 rings (SSSR count). The monoisotopic (exact) mass is 430 g/mol. The summed E-state index contributed by atoms with van der Waals surface area (Å²) in [7, 11) is -3.45. The van der Waals surface area contributed by atoms with Crippen LogP contribution in [-0.4, -0.2) is 49.6 Å². The summed E-state index contributed by atoms with van der Waals surface area (Å²) in [6.07, 6.45) is 5.19. The molecule has 0 N–H and O–H groups in total. The Morgan fingerprint density at radius 1 is 1.17 bits per heavy atom. The lowest BCUT2D eigenvalue weighted by Crippen LogP contribution is -2.49. The van der Waals surface area contributed by atoms with Crippen molar-refractivity contribution in [3.05, 3.63) is 59.9 Å². The highest BCUT2D eigenvalue weighted by Gasteiger charge is 2.47. The molecule has 1 spiro atoms. The van der Waals surface area contributed by atoms with Crippen LogP contribution in [0.5, 0.6) is 0 Å². The van der Waals surface area contributed by atoms with E-state index in [0.717, 1.165) is 43.5 Å². The van der Waals surface area contributed by atoms with Crippen LogP contribution in [0.4, 0.5) is 0 Å². The van der Waals surface area contributed by atoms with Gasteiger partial charge in [0.05, 0.1) is 22.8 Å². The zero-order chi connectivity index (χ0) is 21.0. The van der Waals surface area contributed by atoms with E-state index in [1.165, 1.54) is 0 Å². The van der Waals surface area contributed by atoms with Crippen LogP contribution in [0.3, 0.4) is 0 Å². The molecule has 3 heterocycles. The Bertz CT molecular complexity index is 923. The molecule has 1 unspecified atom stereocenters. The van der Waals surface area contributed by atoms with E-state index in [1.54, 1.807) is 22.6 Å². The van der Waals surface area contributed by atoms with Gasteiger partial charge in [0.1, 0.15) is 0 Å². The summed E-state index contributed by atoms with van der Waals surface area (Å²) in [6.45, 7) is 4.89. The number of aryl methyl sites for hydroxylation is 1. The minimum Gasteiger partial charge on any atom is -0.375 e. The van der Waals surface area contributed by atoms with Gasteiger partial charge in [0.2, 0.25) is 10.0 Å².